The first-order valence-corrected chi connectivity index (χ1v) is 6.80. The Morgan fingerprint density at radius 2 is 1.90 bits per heavy atom. The summed E-state index contributed by atoms with van der Waals surface area (Å²) in [5.41, 5.74) is 1.02. The molecule has 0 unspecified atom stereocenters. The summed E-state index contributed by atoms with van der Waals surface area (Å²) in [6.07, 6.45) is 0. The van der Waals surface area contributed by atoms with Gasteiger partial charge in [0, 0.05) is 15.7 Å². The standard InChI is InChI=1S/C14H10INO4/c15-12-6-4-11(5-7-12)14(17)20-9-10-2-1-3-13(8-10)16(18)19/h1-8H,9H2. The highest BCUT2D eigenvalue weighted by Gasteiger charge is 2.09. The van der Waals surface area contributed by atoms with Crippen LogP contribution >= 0.6 is 22.6 Å². The molecule has 0 spiro atoms. The van der Waals surface area contributed by atoms with Crippen LogP contribution in [-0.4, -0.2) is 10.9 Å². The predicted octanol–water partition coefficient (Wildman–Crippen LogP) is 3.56. The molecule has 0 saturated carbocycles. The molecular weight excluding hydrogens is 373 g/mol. The number of hydrogen-bond acceptors (Lipinski definition) is 4. The number of rotatable bonds is 4. The number of halogens is 1. The molecule has 0 aliphatic carbocycles. The monoisotopic (exact) mass is 383 g/mol. The fourth-order valence-electron chi connectivity index (χ4n) is 1.58. The van der Waals surface area contributed by atoms with Gasteiger partial charge in [-0.15, -0.1) is 0 Å². The Morgan fingerprint density at radius 3 is 2.55 bits per heavy atom. The maximum Gasteiger partial charge on any atom is 0.338 e. The third kappa shape index (κ3) is 3.77. The van der Waals surface area contributed by atoms with E-state index in [1.807, 2.05) is 12.1 Å². The van der Waals surface area contributed by atoms with E-state index in [-0.39, 0.29) is 12.3 Å². The number of nitro groups is 1. The first-order valence-electron chi connectivity index (χ1n) is 5.72. The number of nitro benzene ring substituents is 1. The summed E-state index contributed by atoms with van der Waals surface area (Å²) >= 11 is 2.14. The van der Waals surface area contributed by atoms with Crippen molar-refractivity contribution in [2.24, 2.45) is 0 Å². The van der Waals surface area contributed by atoms with E-state index >= 15 is 0 Å². The molecule has 0 heterocycles. The minimum atomic E-state index is -0.482. The zero-order valence-corrected chi connectivity index (χ0v) is 12.4. The van der Waals surface area contributed by atoms with E-state index in [0.29, 0.717) is 11.1 Å². The summed E-state index contributed by atoms with van der Waals surface area (Å²) in [6, 6.07) is 13.0. The van der Waals surface area contributed by atoms with Gasteiger partial charge < -0.3 is 4.74 Å². The summed E-state index contributed by atoms with van der Waals surface area (Å²) in [6.45, 7) is 0.00645. The molecule has 0 aliphatic heterocycles. The minimum absolute atomic E-state index is 0.00645. The zero-order valence-electron chi connectivity index (χ0n) is 10.3. The first-order chi connectivity index (χ1) is 9.56. The Balaban J connectivity index is 2.01. The van der Waals surface area contributed by atoms with Crippen molar-refractivity contribution >= 4 is 34.2 Å². The van der Waals surface area contributed by atoms with Gasteiger partial charge in [-0.25, -0.2) is 4.79 Å². The molecule has 2 rings (SSSR count). The van der Waals surface area contributed by atoms with Crippen LogP contribution in [0.1, 0.15) is 15.9 Å². The fourth-order valence-corrected chi connectivity index (χ4v) is 1.94. The van der Waals surface area contributed by atoms with E-state index in [1.54, 1.807) is 24.3 Å². The second-order valence-corrected chi connectivity index (χ2v) is 5.26. The summed E-state index contributed by atoms with van der Waals surface area (Å²) in [7, 11) is 0. The number of esters is 1. The lowest BCUT2D eigenvalue weighted by Gasteiger charge is -2.05. The van der Waals surface area contributed by atoms with Gasteiger partial charge in [0.15, 0.2) is 0 Å². The molecule has 2 aromatic carbocycles. The average molecular weight is 383 g/mol. The molecule has 0 atom stereocenters. The van der Waals surface area contributed by atoms with Crippen LogP contribution in [0.25, 0.3) is 0 Å². The van der Waals surface area contributed by atoms with Crippen molar-refractivity contribution < 1.29 is 14.5 Å². The number of non-ortho nitro benzene ring substituents is 1. The van der Waals surface area contributed by atoms with Crippen molar-refractivity contribution in [2.45, 2.75) is 6.61 Å². The van der Waals surface area contributed by atoms with Crippen LogP contribution < -0.4 is 0 Å². The second kappa shape index (κ2) is 6.47. The quantitative estimate of drug-likeness (QED) is 0.351. The van der Waals surface area contributed by atoms with Gasteiger partial charge in [0.2, 0.25) is 0 Å². The first kappa shape index (κ1) is 14.4. The average Bonchev–Trinajstić information content (AvgIpc) is 2.46. The van der Waals surface area contributed by atoms with Crippen LogP contribution in [0.4, 0.5) is 5.69 Å². The molecule has 5 nitrogen and oxygen atoms in total. The van der Waals surface area contributed by atoms with Gasteiger partial charge in [-0.05, 0) is 52.4 Å². The van der Waals surface area contributed by atoms with Crippen LogP contribution in [0.3, 0.4) is 0 Å². The van der Waals surface area contributed by atoms with Crippen molar-refractivity contribution in [3.63, 3.8) is 0 Å². The molecule has 0 bridgehead atoms. The van der Waals surface area contributed by atoms with Crippen molar-refractivity contribution in [1.29, 1.82) is 0 Å². The maximum atomic E-state index is 11.8. The van der Waals surface area contributed by atoms with E-state index in [0.717, 1.165) is 3.57 Å². The van der Waals surface area contributed by atoms with E-state index in [1.165, 1.54) is 12.1 Å². The maximum absolute atomic E-state index is 11.8. The summed E-state index contributed by atoms with van der Waals surface area (Å²) in [5, 5.41) is 10.6. The molecule has 2 aromatic rings. The van der Waals surface area contributed by atoms with E-state index in [9.17, 15) is 14.9 Å². The van der Waals surface area contributed by atoms with Crippen molar-refractivity contribution in [1.82, 2.24) is 0 Å². The van der Waals surface area contributed by atoms with Crippen LogP contribution in [0.2, 0.25) is 0 Å². The number of hydrogen-bond donors (Lipinski definition) is 0. The van der Waals surface area contributed by atoms with Crippen LogP contribution in [0, 0.1) is 13.7 Å². The Morgan fingerprint density at radius 1 is 1.20 bits per heavy atom. The lowest BCUT2D eigenvalue weighted by Crippen LogP contribution is -2.05. The SMILES string of the molecule is O=C(OCc1cccc([N+](=O)[O-])c1)c1ccc(I)cc1. The van der Waals surface area contributed by atoms with Crippen LogP contribution in [-0.2, 0) is 11.3 Å². The van der Waals surface area contributed by atoms with Gasteiger partial charge in [-0.1, -0.05) is 12.1 Å². The third-order valence-electron chi connectivity index (χ3n) is 2.57. The molecule has 0 radical (unpaired) electrons. The molecule has 0 amide bonds. The smallest absolute Gasteiger partial charge is 0.338 e. The molecule has 0 saturated heterocycles. The molecule has 0 aliphatic rings. The van der Waals surface area contributed by atoms with Crippen molar-refractivity contribution in [3.05, 3.63) is 73.3 Å². The van der Waals surface area contributed by atoms with E-state index < -0.39 is 10.9 Å². The number of ether oxygens (including phenoxy) is 1. The Hall–Kier alpha value is -1.96. The van der Waals surface area contributed by atoms with Gasteiger partial charge >= 0.3 is 5.97 Å². The van der Waals surface area contributed by atoms with Crippen LogP contribution in [0.15, 0.2) is 48.5 Å². The van der Waals surface area contributed by atoms with E-state index in [4.69, 9.17) is 4.74 Å². The molecule has 0 fully saturated rings. The van der Waals surface area contributed by atoms with Crippen LogP contribution in [0.5, 0.6) is 0 Å². The highest BCUT2D eigenvalue weighted by Crippen LogP contribution is 2.15. The highest BCUT2D eigenvalue weighted by molar-refractivity contribution is 14.1. The Bertz CT molecular complexity index is 640. The van der Waals surface area contributed by atoms with Crippen molar-refractivity contribution in [3.8, 4) is 0 Å². The molecule has 0 aromatic heterocycles. The zero-order chi connectivity index (χ0) is 14.5. The van der Waals surface area contributed by atoms with Gasteiger partial charge in [0.05, 0.1) is 10.5 Å². The summed E-state index contributed by atoms with van der Waals surface area (Å²) < 4.78 is 6.15. The molecular formula is C14H10INO4. The summed E-state index contributed by atoms with van der Waals surface area (Å²) in [4.78, 5) is 21.9. The summed E-state index contributed by atoms with van der Waals surface area (Å²) in [5.74, 6) is -0.451. The normalized spacial score (nSPS) is 10.1. The largest absolute Gasteiger partial charge is 0.457 e. The number of benzene rings is 2. The lowest BCUT2D eigenvalue weighted by atomic mass is 10.2. The van der Waals surface area contributed by atoms with Gasteiger partial charge in [-0.2, -0.15) is 0 Å². The highest BCUT2D eigenvalue weighted by atomic mass is 127. The topological polar surface area (TPSA) is 69.4 Å². The minimum Gasteiger partial charge on any atom is -0.457 e. The third-order valence-corrected chi connectivity index (χ3v) is 3.29. The Kier molecular flexibility index (Phi) is 4.67. The molecule has 0 N–H and O–H groups in total. The second-order valence-electron chi connectivity index (χ2n) is 4.01. The lowest BCUT2D eigenvalue weighted by molar-refractivity contribution is -0.384. The van der Waals surface area contributed by atoms with Gasteiger partial charge in [0.1, 0.15) is 6.61 Å². The number of carbonyl (C=O) groups is 1. The molecule has 102 valence electrons. The number of nitrogens with zero attached hydrogens (tertiary/aromatic N) is 1. The van der Waals surface area contributed by atoms with Gasteiger partial charge in [0.25, 0.3) is 5.69 Å². The fraction of sp³-hybridized carbons (Fsp3) is 0.0714. The van der Waals surface area contributed by atoms with Crippen molar-refractivity contribution in [2.75, 3.05) is 0 Å². The van der Waals surface area contributed by atoms with E-state index in [2.05, 4.69) is 22.6 Å². The molecule has 6 heteroatoms. The Labute approximate surface area is 128 Å². The number of carbonyl (C=O) groups excluding carboxylic acids is 1. The molecule has 20 heavy (non-hydrogen) atoms. The van der Waals surface area contributed by atoms with Gasteiger partial charge in [-0.3, -0.25) is 10.1 Å². The predicted molar refractivity (Wildman–Crippen MR) is 81.4 cm³/mol.